The van der Waals surface area contributed by atoms with Crippen molar-refractivity contribution in [2.24, 2.45) is 0 Å². The fourth-order valence-corrected chi connectivity index (χ4v) is 3.68. The standard InChI is InChI=1S/C23H19N7O2/c1-2-4-17(24-11-14-5-7-18-19(9-14)26-12-25-18)16(3-1)22-28-23(30-29-22)27-15-6-8-20-21(10-15)32-13-31-20/h1-10,12,24H,11,13H2,(H,25,26)(H2,27,28,29,30). The first-order chi connectivity index (χ1) is 15.8. The number of benzene rings is 3. The first-order valence-corrected chi connectivity index (χ1v) is 10.2. The summed E-state index contributed by atoms with van der Waals surface area (Å²) in [6.45, 7) is 0.904. The molecule has 3 heterocycles. The largest absolute Gasteiger partial charge is 0.454 e. The van der Waals surface area contributed by atoms with Gasteiger partial charge in [-0.15, -0.1) is 10.2 Å². The van der Waals surface area contributed by atoms with Crippen molar-refractivity contribution >= 4 is 28.4 Å². The second-order valence-corrected chi connectivity index (χ2v) is 7.37. The van der Waals surface area contributed by atoms with Crippen LogP contribution >= 0.6 is 0 Å². The summed E-state index contributed by atoms with van der Waals surface area (Å²) in [4.78, 5) is 10.7. The summed E-state index contributed by atoms with van der Waals surface area (Å²) in [5.74, 6) is 2.65. The summed E-state index contributed by atoms with van der Waals surface area (Å²) in [6, 6.07) is 19.8. The molecule has 6 rings (SSSR count). The molecule has 0 amide bonds. The summed E-state index contributed by atoms with van der Waals surface area (Å²) in [6.07, 6.45) is 1.70. The van der Waals surface area contributed by atoms with E-state index in [1.165, 1.54) is 0 Å². The van der Waals surface area contributed by atoms with Gasteiger partial charge in [0.25, 0.3) is 0 Å². The molecule has 5 aromatic rings. The van der Waals surface area contributed by atoms with E-state index in [1.54, 1.807) is 6.33 Å². The molecule has 4 N–H and O–H groups in total. The Balaban J connectivity index is 1.20. The number of rotatable bonds is 6. The first-order valence-electron chi connectivity index (χ1n) is 10.2. The number of imidazole rings is 1. The fraction of sp³-hybridized carbons (Fsp3) is 0.0870. The third-order valence-corrected chi connectivity index (χ3v) is 5.27. The fourth-order valence-electron chi connectivity index (χ4n) is 3.68. The van der Waals surface area contributed by atoms with Crippen LogP contribution in [0.4, 0.5) is 17.3 Å². The van der Waals surface area contributed by atoms with Crippen LogP contribution in [0.2, 0.25) is 0 Å². The Kier molecular flexibility index (Phi) is 4.35. The Hall–Kier alpha value is -4.53. The number of hydrogen-bond donors (Lipinski definition) is 4. The van der Waals surface area contributed by atoms with E-state index < -0.39 is 0 Å². The van der Waals surface area contributed by atoms with Crippen LogP contribution in [0.5, 0.6) is 11.5 Å². The van der Waals surface area contributed by atoms with Crippen molar-refractivity contribution in [2.45, 2.75) is 6.54 Å². The van der Waals surface area contributed by atoms with Crippen molar-refractivity contribution in [2.75, 3.05) is 17.4 Å². The van der Waals surface area contributed by atoms with E-state index in [-0.39, 0.29) is 6.79 Å². The Bertz CT molecular complexity index is 1410. The van der Waals surface area contributed by atoms with Crippen molar-refractivity contribution in [3.63, 3.8) is 0 Å². The molecule has 0 aliphatic carbocycles. The molecule has 32 heavy (non-hydrogen) atoms. The predicted octanol–water partition coefficient (Wildman–Crippen LogP) is 4.43. The van der Waals surface area contributed by atoms with Crippen molar-refractivity contribution in [3.05, 3.63) is 72.6 Å². The minimum absolute atomic E-state index is 0.241. The highest BCUT2D eigenvalue weighted by Crippen LogP contribution is 2.35. The molecule has 0 spiro atoms. The Morgan fingerprint density at radius 2 is 1.88 bits per heavy atom. The number of para-hydroxylation sites is 1. The smallest absolute Gasteiger partial charge is 0.231 e. The maximum atomic E-state index is 5.43. The van der Waals surface area contributed by atoms with Crippen molar-refractivity contribution in [3.8, 4) is 22.9 Å². The minimum atomic E-state index is 0.241. The molecule has 2 aromatic heterocycles. The lowest BCUT2D eigenvalue weighted by molar-refractivity contribution is 0.174. The summed E-state index contributed by atoms with van der Waals surface area (Å²) < 4.78 is 10.8. The van der Waals surface area contributed by atoms with Gasteiger partial charge in [-0.25, -0.2) is 4.98 Å². The monoisotopic (exact) mass is 425 g/mol. The molecule has 1 aliphatic heterocycles. The van der Waals surface area contributed by atoms with E-state index in [1.807, 2.05) is 48.5 Å². The van der Waals surface area contributed by atoms with E-state index in [0.717, 1.165) is 39.3 Å². The molecular weight excluding hydrogens is 406 g/mol. The number of ether oxygens (including phenoxy) is 2. The number of aromatic nitrogens is 5. The van der Waals surface area contributed by atoms with E-state index >= 15 is 0 Å². The molecule has 0 atom stereocenters. The number of aromatic amines is 2. The van der Waals surface area contributed by atoms with E-state index in [2.05, 4.69) is 47.9 Å². The molecule has 1 aliphatic rings. The average Bonchev–Trinajstić information content (AvgIpc) is 3.58. The highest BCUT2D eigenvalue weighted by Gasteiger charge is 2.15. The maximum Gasteiger partial charge on any atom is 0.231 e. The molecule has 0 bridgehead atoms. The van der Waals surface area contributed by atoms with Crippen LogP contribution in [0.1, 0.15) is 5.56 Å². The lowest BCUT2D eigenvalue weighted by atomic mass is 10.1. The van der Waals surface area contributed by atoms with Gasteiger partial charge in [0.2, 0.25) is 12.7 Å². The zero-order valence-electron chi connectivity index (χ0n) is 16.9. The second kappa shape index (κ2) is 7.62. The summed E-state index contributed by atoms with van der Waals surface area (Å²) in [5, 5.41) is 15.3. The summed E-state index contributed by atoms with van der Waals surface area (Å²) >= 11 is 0. The third-order valence-electron chi connectivity index (χ3n) is 5.27. The SMILES string of the molecule is c1ccc(-c2nnc(Nc3ccc4c(c3)OCO4)[nH]2)c(NCc2ccc3[nH]cnc3c2)c1. The maximum absolute atomic E-state index is 5.43. The Morgan fingerprint density at radius 3 is 2.88 bits per heavy atom. The molecule has 158 valence electrons. The number of fused-ring (bicyclic) bond motifs is 2. The number of anilines is 3. The van der Waals surface area contributed by atoms with Gasteiger partial charge in [0.05, 0.1) is 17.4 Å². The molecule has 0 unspecified atom stereocenters. The Labute approximate surface area is 182 Å². The van der Waals surface area contributed by atoms with Crippen LogP contribution in [0.15, 0.2) is 67.0 Å². The molecule has 0 radical (unpaired) electrons. The third kappa shape index (κ3) is 3.45. The van der Waals surface area contributed by atoms with Crippen LogP contribution in [0.25, 0.3) is 22.4 Å². The van der Waals surface area contributed by atoms with Crippen LogP contribution in [-0.2, 0) is 6.54 Å². The summed E-state index contributed by atoms with van der Waals surface area (Å²) in [5.41, 5.74) is 5.84. The van der Waals surface area contributed by atoms with E-state index in [4.69, 9.17) is 9.47 Å². The van der Waals surface area contributed by atoms with Crippen molar-refractivity contribution in [1.82, 2.24) is 25.1 Å². The normalized spacial score (nSPS) is 12.2. The quantitative estimate of drug-likeness (QED) is 0.318. The van der Waals surface area contributed by atoms with Gasteiger partial charge in [0.1, 0.15) is 0 Å². The lowest BCUT2D eigenvalue weighted by Crippen LogP contribution is -2.01. The van der Waals surface area contributed by atoms with Gasteiger partial charge in [-0.05, 0) is 42.0 Å². The second-order valence-electron chi connectivity index (χ2n) is 7.37. The number of nitrogens with one attached hydrogen (secondary N) is 4. The highest BCUT2D eigenvalue weighted by molar-refractivity contribution is 5.76. The minimum Gasteiger partial charge on any atom is -0.454 e. The van der Waals surface area contributed by atoms with Crippen molar-refractivity contribution in [1.29, 1.82) is 0 Å². The van der Waals surface area contributed by atoms with Gasteiger partial charge in [-0.3, -0.25) is 0 Å². The van der Waals surface area contributed by atoms with Crippen LogP contribution in [0, 0.1) is 0 Å². The predicted molar refractivity (Wildman–Crippen MR) is 121 cm³/mol. The van der Waals surface area contributed by atoms with Gasteiger partial charge in [0, 0.05) is 29.5 Å². The zero-order valence-corrected chi connectivity index (χ0v) is 16.9. The summed E-state index contributed by atoms with van der Waals surface area (Å²) in [7, 11) is 0. The first kappa shape index (κ1) is 18.3. The van der Waals surface area contributed by atoms with Gasteiger partial charge >= 0.3 is 0 Å². The van der Waals surface area contributed by atoms with Gasteiger partial charge in [-0.2, -0.15) is 0 Å². The van der Waals surface area contributed by atoms with Gasteiger partial charge in [-0.1, -0.05) is 18.2 Å². The number of hydrogen-bond acceptors (Lipinski definition) is 7. The molecule has 0 saturated heterocycles. The molecule has 0 saturated carbocycles. The van der Waals surface area contributed by atoms with Crippen molar-refractivity contribution < 1.29 is 9.47 Å². The van der Waals surface area contributed by atoms with Gasteiger partial charge < -0.3 is 30.1 Å². The Morgan fingerprint density at radius 1 is 0.938 bits per heavy atom. The molecule has 9 heteroatoms. The van der Waals surface area contributed by atoms with Crippen LogP contribution < -0.4 is 20.1 Å². The van der Waals surface area contributed by atoms with E-state index in [9.17, 15) is 0 Å². The number of nitrogens with zero attached hydrogens (tertiary/aromatic N) is 3. The van der Waals surface area contributed by atoms with E-state index in [0.29, 0.717) is 24.1 Å². The zero-order chi connectivity index (χ0) is 21.3. The number of H-pyrrole nitrogens is 2. The lowest BCUT2D eigenvalue weighted by Gasteiger charge is -2.10. The van der Waals surface area contributed by atoms with Gasteiger partial charge in [0.15, 0.2) is 17.3 Å². The topological polar surface area (TPSA) is 113 Å². The highest BCUT2D eigenvalue weighted by atomic mass is 16.7. The molecule has 3 aromatic carbocycles. The molecule has 9 nitrogen and oxygen atoms in total. The molecular formula is C23H19N7O2. The van der Waals surface area contributed by atoms with Crippen LogP contribution in [-0.4, -0.2) is 31.9 Å². The van der Waals surface area contributed by atoms with Crippen LogP contribution in [0.3, 0.4) is 0 Å². The molecule has 0 fully saturated rings. The average molecular weight is 425 g/mol.